The molecule has 1 rings (SSSR count). The summed E-state index contributed by atoms with van der Waals surface area (Å²) < 4.78 is 10.8. The van der Waals surface area contributed by atoms with Crippen LogP contribution in [-0.4, -0.2) is 37.6 Å². The van der Waals surface area contributed by atoms with Crippen molar-refractivity contribution in [3.63, 3.8) is 0 Å². The highest BCUT2D eigenvalue weighted by Crippen LogP contribution is 2.12. The van der Waals surface area contributed by atoms with Crippen molar-refractivity contribution in [2.75, 3.05) is 26.4 Å². The molecule has 3 nitrogen and oxygen atoms in total. The Balaban J connectivity index is 1.79. The summed E-state index contributed by atoms with van der Waals surface area (Å²) in [6.07, 6.45) is 3.97. The minimum absolute atomic E-state index is 0.168. The molecule has 0 aromatic carbocycles. The van der Waals surface area contributed by atoms with Crippen LogP contribution in [0, 0.1) is 5.92 Å². The maximum absolute atomic E-state index is 9.02. The number of aliphatic hydroxyl groups is 1. The monoisotopic (exact) mass is 202 g/mol. The van der Waals surface area contributed by atoms with Gasteiger partial charge in [0.15, 0.2) is 0 Å². The molecule has 1 aliphatic rings. The molecule has 1 fully saturated rings. The largest absolute Gasteiger partial charge is 0.393 e. The Morgan fingerprint density at radius 1 is 1.50 bits per heavy atom. The number of rotatable bonds is 7. The van der Waals surface area contributed by atoms with Crippen molar-refractivity contribution in [1.29, 1.82) is 0 Å². The van der Waals surface area contributed by atoms with Gasteiger partial charge in [0, 0.05) is 19.1 Å². The minimum atomic E-state index is -0.168. The van der Waals surface area contributed by atoms with Gasteiger partial charge >= 0.3 is 0 Å². The summed E-state index contributed by atoms with van der Waals surface area (Å²) in [6, 6.07) is 0. The van der Waals surface area contributed by atoms with Crippen LogP contribution in [0.1, 0.15) is 32.6 Å². The van der Waals surface area contributed by atoms with E-state index in [0.29, 0.717) is 5.92 Å². The van der Waals surface area contributed by atoms with Gasteiger partial charge < -0.3 is 14.6 Å². The lowest BCUT2D eigenvalue weighted by atomic mass is 10.1. The smallest absolute Gasteiger partial charge is 0.0517 e. The highest BCUT2D eigenvalue weighted by molar-refractivity contribution is 4.62. The van der Waals surface area contributed by atoms with Gasteiger partial charge in [0.1, 0.15) is 0 Å². The Bertz CT molecular complexity index is 130. The molecule has 2 unspecified atom stereocenters. The van der Waals surface area contributed by atoms with E-state index in [9.17, 15) is 0 Å². The van der Waals surface area contributed by atoms with Gasteiger partial charge in [0.2, 0.25) is 0 Å². The summed E-state index contributed by atoms with van der Waals surface area (Å²) in [5, 5.41) is 9.02. The number of unbranched alkanes of at least 4 members (excludes halogenated alkanes) is 1. The van der Waals surface area contributed by atoms with Crippen molar-refractivity contribution in [2.24, 2.45) is 5.92 Å². The lowest BCUT2D eigenvalue weighted by molar-refractivity contribution is 0.0847. The van der Waals surface area contributed by atoms with Crippen molar-refractivity contribution in [2.45, 2.75) is 38.7 Å². The van der Waals surface area contributed by atoms with Gasteiger partial charge in [0.05, 0.1) is 19.3 Å². The fourth-order valence-electron chi connectivity index (χ4n) is 1.61. The van der Waals surface area contributed by atoms with Gasteiger partial charge in [-0.1, -0.05) is 0 Å². The van der Waals surface area contributed by atoms with Crippen LogP contribution in [0.4, 0.5) is 0 Å². The highest BCUT2D eigenvalue weighted by Gasteiger charge is 2.14. The first-order valence-electron chi connectivity index (χ1n) is 5.62. The Morgan fingerprint density at radius 2 is 2.36 bits per heavy atom. The zero-order valence-electron chi connectivity index (χ0n) is 9.08. The second kappa shape index (κ2) is 7.21. The van der Waals surface area contributed by atoms with E-state index in [2.05, 4.69) is 0 Å². The molecular formula is C11H22O3. The molecule has 2 atom stereocenters. The third-order valence-corrected chi connectivity index (χ3v) is 2.54. The summed E-state index contributed by atoms with van der Waals surface area (Å²) >= 11 is 0. The van der Waals surface area contributed by atoms with Crippen molar-refractivity contribution in [1.82, 2.24) is 0 Å². The van der Waals surface area contributed by atoms with Crippen LogP contribution in [-0.2, 0) is 9.47 Å². The average molecular weight is 202 g/mol. The van der Waals surface area contributed by atoms with E-state index in [0.717, 1.165) is 52.1 Å². The van der Waals surface area contributed by atoms with Crippen LogP contribution in [0.3, 0.4) is 0 Å². The van der Waals surface area contributed by atoms with Crippen LogP contribution in [0.5, 0.6) is 0 Å². The molecular weight excluding hydrogens is 180 g/mol. The summed E-state index contributed by atoms with van der Waals surface area (Å²) in [6.45, 7) is 5.26. The minimum Gasteiger partial charge on any atom is -0.393 e. The summed E-state index contributed by atoms with van der Waals surface area (Å²) in [5.41, 5.74) is 0. The van der Waals surface area contributed by atoms with Crippen molar-refractivity contribution in [3.05, 3.63) is 0 Å². The van der Waals surface area contributed by atoms with E-state index in [1.807, 2.05) is 6.92 Å². The lowest BCUT2D eigenvalue weighted by Crippen LogP contribution is -2.10. The SMILES string of the molecule is CC(O)CCCCOCC1CCOC1. The topological polar surface area (TPSA) is 38.7 Å². The molecule has 3 heteroatoms. The van der Waals surface area contributed by atoms with Crippen molar-refractivity contribution < 1.29 is 14.6 Å². The molecule has 84 valence electrons. The third kappa shape index (κ3) is 5.58. The number of ether oxygens (including phenoxy) is 2. The third-order valence-electron chi connectivity index (χ3n) is 2.54. The Kier molecular flexibility index (Phi) is 6.15. The predicted octanol–water partition coefficient (Wildman–Crippen LogP) is 1.59. The summed E-state index contributed by atoms with van der Waals surface area (Å²) in [7, 11) is 0. The molecule has 1 aliphatic heterocycles. The molecule has 0 radical (unpaired) electrons. The Labute approximate surface area is 86.4 Å². The maximum Gasteiger partial charge on any atom is 0.0517 e. The number of hydrogen-bond acceptors (Lipinski definition) is 3. The first kappa shape index (κ1) is 12.0. The van der Waals surface area contributed by atoms with Gasteiger partial charge in [-0.2, -0.15) is 0 Å². The predicted molar refractivity (Wildman–Crippen MR) is 55.3 cm³/mol. The Hall–Kier alpha value is -0.120. The van der Waals surface area contributed by atoms with Gasteiger partial charge in [-0.05, 0) is 32.6 Å². The van der Waals surface area contributed by atoms with Crippen LogP contribution in [0.15, 0.2) is 0 Å². The van der Waals surface area contributed by atoms with E-state index in [1.54, 1.807) is 0 Å². The molecule has 1 heterocycles. The molecule has 0 bridgehead atoms. The fourth-order valence-corrected chi connectivity index (χ4v) is 1.61. The molecule has 0 aliphatic carbocycles. The van der Waals surface area contributed by atoms with Crippen molar-refractivity contribution in [3.8, 4) is 0 Å². The average Bonchev–Trinajstić information content (AvgIpc) is 2.63. The molecule has 0 aromatic heterocycles. The van der Waals surface area contributed by atoms with E-state index >= 15 is 0 Å². The normalized spacial score (nSPS) is 24.0. The van der Waals surface area contributed by atoms with Crippen molar-refractivity contribution >= 4 is 0 Å². The maximum atomic E-state index is 9.02. The zero-order chi connectivity index (χ0) is 10.2. The Morgan fingerprint density at radius 3 is 3.00 bits per heavy atom. The van der Waals surface area contributed by atoms with Gasteiger partial charge in [-0.15, -0.1) is 0 Å². The summed E-state index contributed by atoms with van der Waals surface area (Å²) in [5.74, 6) is 0.617. The van der Waals surface area contributed by atoms with E-state index < -0.39 is 0 Å². The van der Waals surface area contributed by atoms with E-state index in [-0.39, 0.29) is 6.10 Å². The van der Waals surface area contributed by atoms with Gasteiger partial charge in [0.25, 0.3) is 0 Å². The van der Waals surface area contributed by atoms with Crippen LogP contribution < -0.4 is 0 Å². The van der Waals surface area contributed by atoms with E-state index in [4.69, 9.17) is 14.6 Å². The van der Waals surface area contributed by atoms with Crippen LogP contribution in [0.2, 0.25) is 0 Å². The van der Waals surface area contributed by atoms with Gasteiger partial charge in [-0.3, -0.25) is 0 Å². The number of aliphatic hydroxyl groups excluding tert-OH is 1. The molecule has 14 heavy (non-hydrogen) atoms. The molecule has 0 aromatic rings. The quantitative estimate of drug-likeness (QED) is 0.637. The summed E-state index contributed by atoms with van der Waals surface area (Å²) in [4.78, 5) is 0. The fraction of sp³-hybridized carbons (Fsp3) is 1.00. The molecule has 0 spiro atoms. The first-order chi connectivity index (χ1) is 6.79. The lowest BCUT2D eigenvalue weighted by Gasteiger charge is -2.08. The number of hydrogen-bond donors (Lipinski definition) is 1. The van der Waals surface area contributed by atoms with Gasteiger partial charge in [-0.25, -0.2) is 0 Å². The first-order valence-corrected chi connectivity index (χ1v) is 5.62. The molecule has 1 N–H and O–H groups in total. The van der Waals surface area contributed by atoms with Crippen LogP contribution in [0.25, 0.3) is 0 Å². The zero-order valence-corrected chi connectivity index (χ0v) is 9.08. The second-order valence-electron chi connectivity index (χ2n) is 4.15. The second-order valence-corrected chi connectivity index (χ2v) is 4.15. The standard InChI is InChI=1S/C11H22O3/c1-10(12)4-2-3-6-13-8-11-5-7-14-9-11/h10-12H,2-9H2,1H3. The molecule has 1 saturated heterocycles. The van der Waals surface area contributed by atoms with Crippen LogP contribution >= 0.6 is 0 Å². The molecule has 0 saturated carbocycles. The molecule has 0 amide bonds. The highest BCUT2D eigenvalue weighted by atomic mass is 16.5. The van der Waals surface area contributed by atoms with E-state index in [1.165, 1.54) is 0 Å².